The summed E-state index contributed by atoms with van der Waals surface area (Å²) in [4.78, 5) is 61.6. The number of para-hydroxylation sites is 1. The Morgan fingerprint density at radius 1 is 1.17 bits per heavy atom. The van der Waals surface area contributed by atoms with Crippen molar-refractivity contribution in [3.63, 3.8) is 0 Å². The first-order valence-electron chi connectivity index (χ1n) is 16.5. The van der Waals surface area contributed by atoms with Crippen molar-refractivity contribution in [2.24, 2.45) is 11.1 Å². The molecule has 2 N–H and O–H groups in total. The average Bonchev–Trinajstić information content (AvgIpc) is 3.41. The molecule has 2 aromatic heterocycles. The highest BCUT2D eigenvalue weighted by Crippen LogP contribution is 2.42. The molecule has 2 aliphatic heterocycles. The lowest BCUT2D eigenvalue weighted by Gasteiger charge is -2.37. The van der Waals surface area contributed by atoms with Crippen LogP contribution in [0.15, 0.2) is 40.3 Å². The van der Waals surface area contributed by atoms with Crippen molar-refractivity contribution in [1.29, 1.82) is 0 Å². The summed E-state index contributed by atoms with van der Waals surface area (Å²) in [6, 6.07) is 8.93. The maximum absolute atomic E-state index is 14.1. The van der Waals surface area contributed by atoms with E-state index >= 15 is 0 Å². The fraction of sp³-hybridized carbons (Fsp3) is 0.500. The highest BCUT2D eigenvalue weighted by molar-refractivity contribution is 6.02. The van der Waals surface area contributed by atoms with Gasteiger partial charge in [0.2, 0.25) is 5.91 Å². The van der Waals surface area contributed by atoms with Crippen LogP contribution >= 0.6 is 0 Å². The van der Waals surface area contributed by atoms with Gasteiger partial charge in [-0.1, -0.05) is 58.0 Å². The molecule has 0 radical (unpaired) electrons. The molecule has 0 aliphatic carbocycles. The van der Waals surface area contributed by atoms with Crippen molar-refractivity contribution in [2.45, 2.75) is 105 Å². The van der Waals surface area contributed by atoms with Gasteiger partial charge in [-0.15, -0.1) is 0 Å². The number of ether oxygens (including phenoxy) is 2. The highest BCUT2D eigenvalue weighted by Gasteiger charge is 2.48. The Bertz CT molecular complexity index is 1790. The van der Waals surface area contributed by atoms with E-state index in [-0.39, 0.29) is 50.5 Å². The first kappa shape index (κ1) is 36.3. The van der Waals surface area contributed by atoms with Crippen LogP contribution < -0.4 is 10.9 Å². The maximum atomic E-state index is 14.1. The van der Waals surface area contributed by atoms with Crippen molar-refractivity contribution in [1.82, 2.24) is 14.9 Å². The molecule has 0 spiro atoms. The summed E-state index contributed by atoms with van der Waals surface area (Å²) in [7, 11) is 0. The molecule has 12 heteroatoms. The van der Waals surface area contributed by atoms with Crippen LogP contribution in [0, 0.1) is 5.92 Å². The Balaban J connectivity index is 0.00000255. The summed E-state index contributed by atoms with van der Waals surface area (Å²) >= 11 is 0. The minimum Gasteiger partial charge on any atom is -0.481 e. The zero-order chi connectivity index (χ0) is 35.4. The molecule has 1 amide bonds. The molecule has 0 saturated carbocycles. The van der Waals surface area contributed by atoms with Crippen LogP contribution in [0.5, 0.6) is 0 Å². The molecule has 12 nitrogen and oxygen atoms in total. The number of aromatic nitrogens is 2. The van der Waals surface area contributed by atoms with Gasteiger partial charge in [0.05, 0.1) is 54.3 Å². The first-order chi connectivity index (χ1) is 22.8. The summed E-state index contributed by atoms with van der Waals surface area (Å²) in [5.74, 6) is -2.22. The smallest absolute Gasteiger partial charge is 0.343 e. The number of carboxylic acids is 1. The molecule has 258 valence electrons. The lowest BCUT2D eigenvalue weighted by Crippen LogP contribution is -2.50. The SMILES string of the molecule is CC.CC[C@@]1(OCC(NC(=O)CCC(=O)O)C(C)C)C(=O)OCc2c1cc1n(c2=O)Cc2c-1nc1ccccc1c2/C=N\OC(C)(C)C. The van der Waals surface area contributed by atoms with E-state index in [4.69, 9.17) is 24.4 Å². The van der Waals surface area contributed by atoms with Crippen molar-refractivity contribution >= 4 is 35.0 Å². The number of rotatable bonds is 11. The van der Waals surface area contributed by atoms with Crippen LogP contribution in [0.4, 0.5) is 0 Å². The standard InChI is InChI=1S/C34H40N4O8.C2H6/c1-7-34(45-18-26(19(2)3)36-28(39)12-13-29(40)41)24-14-27-30-22(16-38(27)31(42)23(24)17-44-32(34)43)21(15-35-46-33(4,5)6)20-10-8-9-11-25(20)37-30;1-2/h8-11,14-15,19,26H,7,12-13,16-18H2,1-6H3,(H,36,39)(H,40,41);1-2H3/b35-15-;/t26?,34-;/m0./s1. The molecule has 2 atom stereocenters. The molecule has 48 heavy (non-hydrogen) atoms. The molecule has 1 unspecified atom stereocenters. The number of amides is 1. The van der Waals surface area contributed by atoms with Gasteiger partial charge in [-0.2, -0.15) is 0 Å². The van der Waals surface area contributed by atoms with E-state index in [2.05, 4.69) is 10.5 Å². The molecular weight excluding hydrogens is 616 g/mol. The normalized spacial score (nSPS) is 17.2. The van der Waals surface area contributed by atoms with E-state index < -0.39 is 35.1 Å². The highest BCUT2D eigenvalue weighted by atomic mass is 16.6. The number of nitrogens with zero attached hydrogens (tertiary/aromatic N) is 3. The molecule has 4 heterocycles. The van der Waals surface area contributed by atoms with Gasteiger partial charge in [0.1, 0.15) is 12.2 Å². The Morgan fingerprint density at radius 3 is 2.52 bits per heavy atom. The maximum Gasteiger partial charge on any atom is 0.343 e. The van der Waals surface area contributed by atoms with E-state index in [1.54, 1.807) is 23.8 Å². The number of fused-ring (bicyclic) bond motifs is 5. The monoisotopic (exact) mass is 662 g/mol. The van der Waals surface area contributed by atoms with E-state index in [0.29, 0.717) is 28.0 Å². The number of nitrogens with one attached hydrogen (secondary N) is 1. The minimum atomic E-state index is -1.61. The summed E-state index contributed by atoms with van der Waals surface area (Å²) in [5, 5.41) is 16.9. The van der Waals surface area contributed by atoms with Gasteiger partial charge >= 0.3 is 11.9 Å². The quantitative estimate of drug-likeness (QED) is 0.124. The van der Waals surface area contributed by atoms with Crippen LogP contribution in [-0.4, -0.2) is 57.0 Å². The lowest BCUT2D eigenvalue weighted by atomic mass is 9.85. The van der Waals surface area contributed by atoms with Crippen LogP contribution in [0.3, 0.4) is 0 Å². The van der Waals surface area contributed by atoms with Crippen molar-refractivity contribution in [2.75, 3.05) is 6.61 Å². The Morgan fingerprint density at radius 2 is 1.88 bits per heavy atom. The zero-order valence-corrected chi connectivity index (χ0v) is 29.0. The number of carbonyl (C=O) groups is 3. The molecule has 2 aliphatic rings. The summed E-state index contributed by atoms with van der Waals surface area (Å²) in [6.45, 7) is 15.2. The number of carbonyl (C=O) groups excluding carboxylic acids is 2. The largest absolute Gasteiger partial charge is 0.481 e. The number of esters is 1. The topological polar surface area (TPSA) is 158 Å². The molecule has 1 aromatic carbocycles. The van der Waals surface area contributed by atoms with E-state index in [0.717, 1.165) is 16.5 Å². The van der Waals surface area contributed by atoms with Gasteiger partial charge in [-0.3, -0.25) is 14.4 Å². The molecule has 0 bridgehead atoms. The van der Waals surface area contributed by atoms with Crippen molar-refractivity contribution in [3.05, 3.63) is 62.9 Å². The minimum absolute atomic E-state index is 0.0643. The Labute approximate surface area is 280 Å². The number of pyridine rings is 2. The van der Waals surface area contributed by atoms with Gasteiger partial charge in [0.15, 0.2) is 5.60 Å². The molecule has 5 rings (SSSR count). The predicted molar refractivity (Wildman–Crippen MR) is 182 cm³/mol. The summed E-state index contributed by atoms with van der Waals surface area (Å²) in [6.07, 6.45) is 1.35. The van der Waals surface area contributed by atoms with Gasteiger partial charge in [0, 0.05) is 28.5 Å². The second-order valence-corrected chi connectivity index (χ2v) is 13.0. The third-order valence-electron chi connectivity index (χ3n) is 8.34. The third-order valence-corrected chi connectivity index (χ3v) is 8.34. The van der Waals surface area contributed by atoms with Gasteiger partial charge in [-0.25, -0.2) is 9.78 Å². The van der Waals surface area contributed by atoms with Crippen molar-refractivity contribution in [3.8, 4) is 11.4 Å². The Kier molecular flexibility index (Phi) is 11.1. The van der Waals surface area contributed by atoms with Crippen LogP contribution in [-0.2, 0) is 47.4 Å². The number of carboxylic acid groups (broad SMARTS) is 1. The number of hydrogen-bond acceptors (Lipinski definition) is 9. The summed E-state index contributed by atoms with van der Waals surface area (Å²) in [5.41, 5.74) is 1.79. The van der Waals surface area contributed by atoms with Crippen molar-refractivity contribution < 1.29 is 33.8 Å². The summed E-state index contributed by atoms with van der Waals surface area (Å²) < 4.78 is 13.6. The molecule has 0 fully saturated rings. The van der Waals surface area contributed by atoms with E-state index in [1.807, 2.05) is 72.7 Å². The number of aliphatic carboxylic acids is 1. The van der Waals surface area contributed by atoms with E-state index in [1.165, 1.54) is 0 Å². The average molecular weight is 663 g/mol. The van der Waals surface area contributed by atoms with E-state index in [9.17, 15) is 19.2 Å². The fourth-order valence-corrected chi connectivity index (χ4v) is 5.80. The van der Waals surface area contributed by atoms with Gasteiger partial charge < -0.3 is 29.3 Å². The fourth-order valence-electron chi connectivity index (χ4n) is 5.80. The number of benzene rings is 1. The zero-order valence-electron chi connectivity index (χ0n) is 29.0. The second-order valence-electron chi connectivity index (χ2n) is 13.0. The van der Waals surface area contributed by atoms with Gasteiger partial charge in [0.25, 0.3) is 5.56 Å². The molecule has 3 aromatic rings. The molecule has 0 saturated heterocycles. The number of cyclic esters (lactones) is 1. The number of oxime groups is 1. The third kappa shape index (κ3) is 7.28. The lowest BCUT2D eigenvalue weighted by molar-refractivity contribution is -0.182. The van der Waals surface area contributed by atoms with Crippen LogP contribution in [0.2, 0.25) is 0 Å². The van der Waals surface area contributed by atoms with Crippen LogP contribution in [0.25, 0.3) is 22.3 Å². The second kappa shape index (κ2) is 14.7. The molecular formula is C36H46N4O8. The van der Waals surface area contributed by atoms with Crippen LogP contribution in [0.1, 0.15) is 96.9 Å². The predicted octanol–water partition coefficient (Wildman–Crippen LogP) is 5.28. The van der Waals surface area contributed by atoms with Gasteiger partial charge in [-0.05, 0) is 45.2 Å². The number of hydrogen-bond donors (Lipinski definition) is 2. The Hall–Kier alpha value is -4.58. The first-order valence-corrected chi connectivity index (χ1v) is 16.5.